The molecule has 1 aromatic heterocycles. The second kappa shape index (κ2) is 13.5. The first-order chi connectivity index (χ1) is 21.7. The molecule has 0 radical (unpaired) electrons. The maximum Gasteiger partial charge on any atom is 0.287 e. The number of carbonyl (C=O) groups is 3. The third-order valence-corrected chi connectivity index (χ3v) is 9.19. The molecule has 3 amide bonds. The van der Waals surface area contributed by atoms with Gasteiger partial charge in [-0.25, -0.2) is 0 Å². The summed E-state index contributed by atoms with van der Waals surface area (Å²) in [5.74, 6) is -0.589. The average molecular weight is 647 g/mol. The zero-order chi connectivity index (χ0) is 31.5. The smallest absolute Gasteiger partial charge is 0.287 e. The van der Waals surface area contributed by atoms with Gasteiger partial charge in [0.1, 0.15) is 11.6 Å². The van der Waals surface area contributed by atoms with Crippen LogP contribution in [0.15, 0.2) is 82.0 Å². The van der Waals surface area contributed by atoms with E-state index in [9.17, 15) is 19.2 Å². The Balaban J connectivity index is 1.18. The van der Waals surface area contributed by atoms with Crippen LogP contribution in [0, 0.1) is 0 Å². The van der Waals surface area contributed by atoms with Gasteiger partial charge < -0.3 is 19.5 Å². The molecule has 0 aliphatic carbocycles. The fourth-order valence-electron chi connectivity index (χ4n) is 6.31. The number of nitrogens with zero attached hydrogens (tertiary/aromatic N) is 2. The molecular weight excluding hydrogens is 613 g/mol. The first-order valence-corrected chi connectivity index (χ1v) is 15.9. The van der Waals surface area contributed by atoms with Crippen LogP contribution in [0.4, 0.5) is 0 Å². The van der Waals surface area contributed by atoms with Gasteiger partial charge in [0.2, 0.25) is 11.8 Å². The first kappa shape index (κ1) is 30.9. The van der Waals surface area contributed by atoms with Crippen LogP contribution < -0.4 is 10.7 Å². The minimum Gasteiger partial charge on any atom is -0.451 e. The van der Waals surface area contributed by atoms with E-state index in [1.807, 2.05) is 29.2 Å². The second-order valence-electron chi connectivity index (χ2n) is 11.7. The standard InChI is InChI=1S/C35H33Cl2N3O5/c36-25-9-7-22(8-10-25)18-29(38-34(43)32-20-30(41)28-19-26(37)11-12-31(28)45-32)35(44)39-16-13-23(14-17-39)27-5-2-1-4-24(27)21-40-15-3-6-33(40)42/h1-2,4-5,7-12,19-20,23,29H,3,6,13-18,21H2,(H,38,43)/t29-/m1/s1. The quantitative estimate of drug-likeness (QED) is 0.255. The fraction of sp³-hybridized carbons (Fsp3) is 0.314. The molecule has 6 rings (SSSR count). The average Bonchev–Trinajstić information content (AvgIpc) is 3.45. The predicted molar refractivity (Wildman–Crippen MR) is 174 cm³/mol. The summed E-state index contributed by atoms with van der Waals surface area (Å²) in [5.41, 5.74) is 3.04. The van der Waals surface area contributed by atoms with Gasteiger partial charge in [-0.1, -0.05) is 59.6 Å². The molecule has 1 N–H and O–H groups in total. The van der Waals surface area contributed by atoms with E-state index in [1.54, 1.807) is 23.1 Å². The van der Waals surface area contributed by atoms with Crippen molar-refractivity contribution in [1.82, 2.24) is 15.1 Å². The number of piperidine rings is 1. The van der Waals surface area contributed by atoms with Crippen LogP contribution in [-0.2, 0) is 22.6 Å². The number of likely N-dealkylation sites (tertiary alicyclic amines) is 2. The highest BCUT2D eigenvalue weighted by atomic mass is 35.5. The molecule has 2 saturated heterocycles. The highest BCUT2D eigenvalue weighted by molar-refractivity contribution is 6.31. The summed E-state index contributed by atoms with van der Waals surface area (Å²) in [6, 6.07) is 20.2. The van der Waals surface area contributed by atoms with Crippen LogP contribution in [-0.4, -0.2) is 53.2 Å². The van der Waals surface area contributed by atoms with Crippen molar-refractivity contribution in [2.75, 3.05) is 19.6 Å². The molecular formula is C35H33Cl2N3O5. The number of rotatable bonds is 8. The Morgan fingerprint density at radius 1 is 0.911 bits per heavy atom. The Morgan fingerprint density at radius 2 is 1.64 bits per heavy atom. The van der Waals surface area contributed by atoms with E-state index in [0.29, 0.717) is 36.1 Å². The van der Waals surface area contributed by atoms with Crippen molar-refractivity contribution in [3.8, 4) is 0 Å². The second-order valence-corrected chi connectivity index (χ2v) is 12.6. The van der Waals surface area contributed by atoms with Crippen molar-refractivity contribution in [2.24, 2.45) is 0 Å². The zero-order valence-electron chi connectivity index (χ0n) is 24.6. The van der Waals surface area contributed by atoms with Crippen molar-refractivity contribution >= 4 is 51.9 Å². The van der Waals surface area contributed by atoms with Gasteiger partial charge in [0, 0.05) is 55.1 Å². The topological polar surface area (TPSA) is 99.9 Å². The number of halogens is 2. The fourth-order valence-corrected chi connectivity index (χ4v) is 6.61. The molecule has 232 valence electrons. The highest BCUT2D eigenvalue weighted by Crippen LogP contribution is 2.32. The predicted octanol–water partition coefficient (Wildman–Crippen LogP) is 5.97. The van der Waals surface area contributed by atoms with E-state index < -0.39 is 17.4 Å². The van der Waals surface area contributed by atoms with E-state index in [-0.39, 0.29) is 40.9 Å². The molecule has 8 nitrogen and oxygen atoms in total. The molecule has 2 fully saturated rings. The first-order valence-electron chi connectivity index (χ1n) is 15.2. The number of benzene rings is 3. The lowest BCUT2D eigenvalue weighted by Gasteiger charge is -2.35. The SMILES string of the molecule is O=C(N[C@H](Cc1ccc(Cl)cc1)C(=O)N1CCC(c2ccccc2CN2CCCC2=O)CC1)c1cc(=O)c2cc(Cl)ccc2o1. The summed E-state index contributed by atoms with van der Waals surface area (Å²) < 4.78 is 5.74. The molecule has 0 spiro atoms. The summed E-state index contributed by atoms with van der Waals surface area (Å²) in [5, 5.41) is 4.06. The van der Waals surface area contributed by atoms with Crippen LogP contribution in [0.2, 0.25) is 10.0 Å². The van der Waals surface area contributed by atoms with Gasteiger partial charge in [-0.05, 0) is 72.2 Å². The van der Waals surface area contributed by atoms with Crippen LogP contribution in [0.5, 0.6) is 0 Å². The van der Waals surface area contributed by atoms with E-state index in [4.69, 9.17) is 27.6 Å². The Morgan fingerprint density at radius 3 is 2.38 bits per heavy atom. The number of carbonyl (C=O) groups excluding carboxylic acids is 3. The monoisotopic (exact) mass is 645 g/mol. The molecule has 45 heavy (non-hydrogen) atoms. The Bertz CT molecular complexity index is 1800. The van der Waals surface area contributed by atoms with Crippen molar-refractivity contribution in [3.05, 3.63) is 116 Å². The molecule has 2 aliphatic rings. The molecule has 3 aromatic carbocycles. The van der Waals surface area contributed by atoms with Crippen LogP contribution >= 0.6 is 23.2 Å². The minimum atomic E-state index is -0.894. The molecule has 3 heterocycles. The summed E-state index contributed by atoms with van der Waals surface area (Å²) >= 11 is 12.1. The van der Waals surface area contributed by atoms with E-state index in [1.165, 1.54) is 17.7 Å². The number of hydrogen-bond donors (Lipinski definition) is 1. The largest absolute Gasteiger partial charge is 0.451 e. The third-order valence-electron chi connectivity index (χ3n) is 8.70. The summed E-state index contributed by atoms with van der Waals surface area (Å²) in [6.07, 6.45) is 3.28. The lowest BCUT2D eigenvalue weighted by molar-refractivity contribution is -0.134. The number of hydrogen-bond acceptors (Lipinski definition) is 5. The van der Waals surface area contributed by atoms with Gasteiger partial charge >= 0.3 is 0 Å². The summed E-state index contributed by atoms with van der Waals surface area (Å²) in [6.45, 7) is 2.46. The Kier molecular flexibility index (Phi) is 9.24. The van der Waals surface area contributed by atoms with Crippen LogP contribution in [0.3, 0.4) is 0 Å². The number of nitrogens with one attached hydrogen (secondary N) is 1. The van der Waals surface area contributed by atoms with Gasteiger partial charge in [-0.2, -0.15) is 0 Å². The van der Waals surface area contributed by atoms with Gasteiger partial charge in [0.15, 0.2) is 11.2 Å². The molecule has 10 heteroatoms. The lowest BCUT2D eigenvalue weighted by atomic mass is 9.86. The normalized spacial score (nSPS) is 16.3. The molecule has 1 atom stereocenters. The van der Waals surface area contributed by atoms with Gasteiger partial charge in [-0.15, -0.1) is 0 Å². The maximum atomic E-state index is 14.0. The Hall–Kier alpha value is -4.14. The number of fused-ring (bicyclic) bond motifs is 1. The molecule has 0 saturated carbocycles. The van der Waals surface area contributed by atoms with Gasteiger partial charge in [0.25, 0.3) is 5.91 Å². The molecule has 0 unspecified atom stereocenters. The van der Waals surface area contributed by atoms with E-state index in [0.717, 1.165) is 43.0 Å². The maximum absolute atomic E-state index is 14.0. The highest BCUT2D eigenvalue weighted by Gasteiger charge is 2.32. The zero-order valence-corrected chi connectivity index (χ0v) is 26.2. The number of amides is 3. The van der Waals surface area contributed by atoms with Crippen molar-refractivity contribution in [2.45, 2.75) is 50.6 Å². The molecule has 2 aliphatic heterocycles. The van der Waals surface area contributed by atoms with Crippen LogP contribution in [0.1, 0.15) is 58.8 Å². The van der Waals surface area contributed by atoms with Gasteiger partial charge in [-0.3, -0.25) is 19.2 Å². The van der Waals surface area contributed by atoms with E-state index in [2.05, 4.69) is 17.4 Å². The van der Waals surface area contributed by atoms with Crippen molar-refractivity contribution in [1.29, 1.82) is 0 Å². The summed E-state index contributed by atoms with van der Waals surface area (Å²) in [7, 11) is 0. The van der Waals surface area contributed by atoms with Crippen LogP contribution in [0.25, 0.3) is 11.0 Å². The molecule has 4 aromatic rings. The van der Waals surface area contributed by atoms with Crippen molar-refractivity contribution < 1.29 is 18.8 Å². The minimum absolute atomic E-state index is 0.185. The van der Waals surface area contributed by atoms with E-state index >= 15 is 0 Å². The molecule has 0 bridgehead atoms. The third kappa shape index (κ3) is 7.08. The lowest BCUT2D eigenvalue weighted by Crippen LogP contribution is -2.51. The van der Waals surface area contributed by atoms with Gasteiger partial charge in [0.05, 0.1) is 5.39 Å². The van der Waals surface area contributed by atoms with Crippen molar-refractivity contribution in [3.63, 3.8) is 0 Å². The summed E-state index contributed by atoms with van der Waals surface area (Å²) in [4.78, 5) is 56.1. The Labute approximate surface area is 270 Å².